The molecule has 2 N–H and O–H groups in total. The summed E-state index contributed by atoms with van der Waals surface area (Å²) < 4.78 is 23.3. The Kier molecular flexibility index (Phi) is 48.1. The normalized spacial score (nSPS) is 14.8. The first-order chi connectivity index (χ1) is 33.5. The van der Waals surface area contributed by atoms with Crippen LogP contribution in [0.1, 0.15) is 213 Å². The molecule has 0 saturated carbocycles. The van der Waals surface area contributed by atoms with Crippen LogP contribution in [0.2, 0.25) is 0 Å². The van der Waals surface area contributed by atoms with Crippen LogP contribution in [0.4, 0.5) is 0 Å². The van der Waals surface area contributed by atoms with Crippen LogP contribution in [0.25, 0.3) is 0 Å². The molecule has 0 spiro atoms. The molecule has 0 heterocycles. The Morgan fingerprint density at radius 2 is 0.899 bits per heavy atom. The van der Waals surface area contributed by atoms with Crippen molar-refractivity contribution in [2.75, 3.05) is 40.9 Å². The fourth-order valence-electron chi connectivity index (χ4n) is 7.38. The van der Waals surface area contributed by atoms with E-state index in [0.717, 1.165) is 103 Å². The molecule has 396 valence electrons. The number of carbonyl (C=O) groups excluding carboxylic acids is 1. The van der Waals surface area contributed by atoms with E-state index in [9.17, 15) is 19.4 Å². The van der Waals surface area contributed by atoms with Crippen LogP contribution >= 0.6 is 7.82 Å². The smallest absolute Gasteiger partial charge is 0.268 e. The molecule has 0 aromatic rings. The van der Waals surface area contributed by atoms with Gasteiger partial charge in [-0.25, -0.2) is 0 Å². The third kappa shape index (κ3) is 52.8. The number of hydrogen-bond acceptors (Lipinski definition) is 6. The van der Waals surface area contributed by atoms with Gasteiger partial charge in [0.15, 0.2) is 0 Å². The average Bonchev–Trinajstić information content (AvgIpc) is 3.31. The molecular formula is C60H105N2O6P. The number of aliphatic hydroxyl groups is 1. The molecule has 0 aliphatic rings. The number of allylic oxidation sites excluding steroid dienone is 17. The summed E-state index contributed by atoms with van der Waals surface area (Å²) in [5, 5.41) is 13.8. The molecule has 0 aromatic heterocycles. The van der Waals surface area contributed by atoms with E-state index in [1.807, 2.05) is 27.2 Å². The lowest BCUT2D eigenvalue weighted by molar-refractivity contribution is -0.870. The molecule has 0 radical (unpaired) electrons. The Labute approximate surface area is 425 Å². The highest BCUT2D eigenvalue weighted by Gasteiger charge is 2.23. The number of amides is 1. The number of likely N-dealkylation sites (N-methyl/N-ethyl adjacent to an activating group) is 1. The topological polar surface area (TPSA) is 108 Å². The van der Waals surface area contributed by atoms with E-state index in [4.69, 9.17) is 9.05 Å². The van der Waals surface area contributed by atoms with Crippen LogP contribution in [-0.2, 0) is 18.4 Å². The fourth-order valence-corrected chi connectivity index (χ4v) is 8.11. The summed E-state index contributed by atoms with van der Waals surface area (Å²) in [6.07, 6.45) is 73.0. The zero-order valence-electron chi connectivity index (χ0n) is 45.0. The monoisotopic (exact) mass is 981 g/mol. The number of carbonyl (C=O) groups is 1. The SMILES string of the molecule is CC/C=C\C/C=C\C/C=C\C/C=C\C/C=C\C/C=C\C/C=C\CCCCCCCC(=O)NC(COP(=O)([O-])OCC[N+](C)(C)C)C(O)/C=C/CC/C=C/CCCCCCCCCCCCCCCC. The van der Waals surface area contributed by atoms with Crippen LogP contribution in [0.3, 0.4) is 0 Å². The van der Waals surface area contributed by atoms with Gasteiger partial charge >= 0.3 is 0 Å². The zero-order valence-corrected chi connectivity index (χ0v) is 45.9. The van der Waals surface area contributed by atoms with Crippen molar-refractivity contribution in [1.29, 1.82) is 0 Å². The summed E-state index contributed by atoms with van der Waals surface area (Å²) in [4.78, 5) is 25.5. The number of nitrogens with zero attached hydrogens (tertiary/aromatic N) is 1. The maximum Gasteiger partial charge on any atom is 0.268 e. The number of hydrogen-bond donors (Lipinski definition) is 2. The number of rotatable bonds is 49. The van der Waals surface area contributed by atoms with E-state index >= 15 is 0 Å². The van der Waals surface area contributed by atoms with Gasteiger partial charge in [-0.3, -0.25) is 9.36 Å². The Morgan fingerprint density at radius 1 is 0.522 bits per heavy atom. The molecule has 1 amide bonds. The second-order valence-corrected chi connectivity index (χ2v) is 21.0. The molecule has 0 rings (SSSR count). The van der Waals surface area contributed by atoms with Crippen molar-refractivity contribution in [1.82, 2.24) is 5.32 Å². The number of phosphoric ester groups is 1. The Bertz CT molecular complexity index is 1490. The van der Waals surface area contributed by atoms with Crippen molar-refractivity contribution in [3.8, 4) is 0 Å². The molecule has 3 unspecified atom stereocenters. The van der Waals surface area contributed by atoms with Gasteiger partial charge in [-0.15, -0.1) is 0 Å². The highest BCUT2D eigenvalue weighted by molar-refractivity contribution is 7.45. The van der Waals surface area contributed by atoms with Gasteiger partial charge in [0.2, 0.25) is 5.91 Å². The third-order valence-corrected chi connectivity index (χ3v) is 12.7. The lowest BCUT2D eigenvalue weighted by Crippen LogP contribution is -2.45. The van der Waals surface area contributed by atoms with Gasteiger partial charge in [0, 0.05) is 6.42 Å². The van der Waals surface area contributed by atoms with Gasteiger partial charge in [0.05, 0.1) is 39.9 Å². The second-order valence-electron chi connectivity index (χ2n) is 19.5. The van der Waals surface area contributed by atoms with Gasteiger partial charge in [-0.1, -0.05) is 226 Å². The zero-order chi connectivity index (χ0) is 50.6. The molecule has 8 nitrogen and oxygen atoms in total. The molecule has 0 aliphatic heterocycles. The summed E-state index contributed by atoms with van der Waals surface area (Å²) in [5.74, 6) is -0.230. The van der Waals surface area contributed by atoms with Crippen LogP contribution in [0, 0.1) is 0 Å². The lowest BCUT2D eigenvalue weighted by Gasteiger charge is -2.29. The number of aliphatic hydroxyl groups excluding tert-OH is 1. The van der Waals surface area contributed by atoms with Gasteiger partial charge in [0.25, 0.3) is 7.82 Å². The van der Waals surface area contributed by atoms with E-state index in [-0.39, 0.29) is 12.5 Å². The molecule has 0 aliphatic carbocycles. The summed E-state index contributed by atoms with van der Waals surface area (Å²) in [5.41, 5.74) is 0. The number of phosphoric acid groups is 1. The molecule has 0 aromatic carbocycles. The molecule has 0 bridgehead atoms. The Morgan fingerprint density at radius 3 is 1.35 bits per heavy atom. The average molecular weight is 981 g/mol. The van der Waals surface area contributed by atoms with E-state index in [1.54, 1.807) is 6.08 Å². The minimum atomic E-state index is -4.62. The third-order valence-electron chi connectivity index (χ3n) is 11.7. The van der Waals surface area contributed by atoms with Gasteiger partial charge in [-0.05, 0) is 89.9 Å². The highest BCUT2D eigenvalue weighted by atomic mass is 31.2. The van der Waals surface area contributed by atoms with Crippen molar-refractivity contribution in [2.24, 2.45) is 0 Å². The quantitative estimate of drug-likeness (QED) is 0.0272. The van der Waals surface area contributed by atoms with E-state index < -0.39 is 26.6 Å². The molecule has 3 atom stereocenters. The summed E-state index contributed by atoms with van der Waals surface area (Å²) in [7, 11) is 1.21. The van der Waals surface area contributed by atoms with E-state index in [0.29, 0.717) is 17.4 Å². The van der Waals surface area contributed by atoms with Gasteiger partial charge in [-0.2, -0.15) is 0 Å². The highest BCUT2D eigenvalue weighted by Crippen LogP contribution is 2.38. The van der Waals surface area contributed by atoms with Crippen LogP contribution in [0.5, 0.6) is 0 Å². The molecule has 0 saturated heterocycles. The number of nitrogens with one attached hydrogen (secondary N) is 1. The van der Waals surface area contributed by atoms with Crippen LogP contribution < -0.4 is 10.2 Å². The van der Waals surface area contributed by atoms with Crippen LogP contribution in [-0.4, -0.2) is 68.5 Å². The van der Waals surface area contributed by atoms with Crippen molar-refractivity contribution in [3.63, 3.8) is 0 Å². The Balaban J connectivity index is 4.38. The maximum atomic E-state index is 12.9. The van der Waals surface area contributed by atoms with E-state index in [2.05, 4.69) is 116 Å². The van der Waals surface area contributed by atoms with Crippen LogP contribution in [0.15, 0.2) is 109 Å². The van der Waals surface area contributed by atoms with Crippen molar-refractivity contribution in [3.05, 3.63) is 109 Å². The summed E-state index contributed by atoms with van der Waals surface area (Å²) in [6, 6.07) is -0.923. The standard InChI is InChI=1S/C60H105N2O6P/c1-6-8-10-12-14-16-18-20-22-24-26-28-29-30-31-32-33-34-36-38-40-42-44-46-48-50-52-54-60(64)61-58(57-68-69(65,66)67-56-55-62(3,4)5)59(63)53-51-49-47-45-43-41-39-37-35-27-25-23-21-19-17-15-13-11-9-7-2/h8,10,14,16,20,22,26,28,30-31,33-34,38,40,43,45,51,53,58-59,63H,6-7,9,11-13,15,17-19,21,23-25,27,29,32,35-37,39,41-42,44,46-50,52,54-57H2,1-5H3,(H-,61,64,65,66)/b10-8-,16-14-,22-20-,28-26-,31-30-,34-33-,40-38-,45-43+,53-51+. The second kappa shape index (κ2) is 50.1. The van der Waals surface area contributed by atoms with Crippen molar-refractivity contribution < 1.29 is 32.9 Å². The minimum Gasteiger partial charge on any atom is -0.756 e. The predicted octanol–water partition coefficient (Wildman–Crippen LogP) is 16.2. The predicted molar refractivity (Wildman–Crippen MR) is 297 cm³/mol. The largest absolute Gasteiger partial charge is 0.756 e. The Hall–Kier alpha value is -2.84. The van der Waals surface area contributed by atoms with E-state index in [1.165, 1.54) is 89.9 Å². The molecule has 69 heavy (non-hydrogen) atoms. The van der Waals surface area contributed by atoms with Gasteiger partial charge in [0.1, 0.15) is 13.2 Å². The molecule has 9 heteroatoms. The maximum absolute atomic E-state index is 12.9. The lowest BCUT2D eigenvalue weighted by atomic mass is 10.0. The molecule has 0 fully saturated rings. The fraction of sp³-hybridized carbons (Fsp3) is 0.683. The first kappa shape index (κ1) is 66.2. The first-order valence-corrected chi connectivity index (χ1v) is 29.2. The first-order valence-electron chi connectivity index (χ1n) is 27.7. The summed E-state index contributed by atoms with van der Waals surface area (Å²) in [6.45, 7) is 4.49. The molecular weight excluding hydrogens is 876 g/mol. The van der Waals surface area contributed by atoms with Crippen molar-refractivity contribution in [2.45, 2.75) is 225 Å². The minimum absolute atomic E-state index is 0.0166. The summed E-state index contributed by atoms with van der Waals surface area (Å²) >= 11 is 0. The van der Waals surface area contributed by atoms with Crippen molar-refractivity contribution >= 4 is 13.7 Å². The number of quaternary nitrogens is 1. The van der Waals surface area contributed by atoms with Gasteiger partial charge < -0.3 is 28.8 Å². The number of unbranched alkanes of at least 4 members (excludes halogenated alkanes) is 20.